The van der Waals surface area contributed by atoms with Gasteiger partial charge in [-0.25, -0.2) is 0 Å². The van der Waals surface area contributed by atoms with Gasteiger partial charge < -0.3 is 19.5 Å². The van der Waals surface area contributed by atoms with Gasteiger partial charge in [0.15, 0.2) is 6.10 Å². The van der Waals surface area contributed by atoms with Gasteiger partial charge in [-0.05, 0) is 37.6 Å². The number of ether oxygens (including phenoxy) is 2. The van der Waals surface area contributed by atoms with E-state index < -0.39 is 18.2 Å². The Hall–Kier alpha value is -1.79. The topological polar surface area (TPSA) is 76.1 Å². The first-order valence-electron chi connectivity index (χ1n) is 7.42. The summed E-state index contributed by atoms with van der Waals surface area (Å²) >= 11 is 5.90. The van der Waals surface area contributed by atoms with E-state index in [9.17, 15) is 9.59 Å². The zero-order valence-electron chi connectivity index (χ0n) is 13.1. The first-order valence-corrected chi connectivity index (χ1v) is 7.79. The fourth-order valence-electron chi connectivity index (χ4n) is 2.48. The Labute approximate surface area is 139 Å². The lowest BCUT2D eigenvalue weighted by Gasteiger charge is -2.33. The maximum absolute atomic E-state index is 12.5. The fraction of sp³-hybridized carbons (Fsp3) is 0.500. The van der Waals surface area contributed by atoms with Crippen LogP contribution in [0, 0.1) is 6.92 Å². The average molecular weight is 342 g/mol. The number of benzene rings is 1. The van der Waals surface area contributed by atoms with Gasteiger partial charge in [-0.3, -0.25) is 9.59 Å². The molecule has 1 aliphatic rings. The number of amides is 1. The van der Waals surface area contributed by atoms with E-state index in [4.69, 9.17) is 26.2 Å². The van der Waals surface area contributed by atoms with Gasteiger partial charge in [0, 0.05) is 18.1 Å². The number of aliphatic carboxylic acids is 1. The van der Waals surface area contributed by atoms with E-state index >= 15 is 0 Å². The third kappa shape index (κ3) is 4.84. The quantitative estimate of drug-likeness (QED) is 0.887. The summed E-state index contributed by atoms with van der Waals surface area (Å²) in [5, 5.41) is 9.44. The Kier molecular flexibility index (Phi) is 5.85. The van der Waals surface area contributed by atoms with Crippen LogP contribution in [0.3, 0.4) is 0 Å². The van der Waals surface area contributed by atoms with Crippen LogP contribution in [0.5, 0.6) is 5.75 Å². The number of carboxylic acids is 1. The fourth-order valence-corrected chi connectivity index (χ4v) is 2.71. The summed E-state index contributed by atoms with van der Waals surface area (Å²) in [6.07, 6.45) is -1.26. The molecule has 7 heteroatoms. The Morgan fingerprint density at radius 2 is 2.26 bits per heavy atom. The number of hydrogen-bond acceptors (Lipinski definition) is 4. The predicted molar refractivity (Wildman–Crippen MR) is 84.9 cm³/mol. The van der Waals surface area contributed by atoms with Crippen LogP contribution in [0.15, 0.2) is 18.2 Å². The second-order valence-corrected chi connectivity index (χ2v) is 5.98. The highest BCUT2D eigenvalue weighted by molar-refractivity contribution is 6.30. The van der Waals surface area contributed by atoms with E-state index in [1.54, 1.807) is 30.0 Å². The zero-order valence-corrected chi connectivity index (χ0v) is 13.9. The Balaban J connectivity index is 1.97. The smallest absolute Gasteiger partial charge is 0.306 e. The van der Waals surface area contributed by atoms with E-state index in [-0.39, 0.29) is 18.9 Å². The van der Waals surface area contributed by atoms with E-state index in [0.717, 1.165) is 5.56 Å². The van der Waals surface area contributed by atoms with Gasteiger partial charge in [-0.1, -0.05) is 11.6 Å². The number of nitrogens with zero attached hydrogens (tertiary/aromatic N) is 1. The molecule has 1 aromatic rings. The molecule has 2 rings (SSSR count). The van der Waals surface area contributed by atoms with Crippen molar-refractivity contribution in [1.82, 2.24) is 4.90 Å². The number of carbonyl (C=O) groups excluding carboxylic acids is 1. The van der Waals surface area contributed by atoms with Crippen LogP contribution in [0.1, 0.15) is 18.9 Å². The molecule has 1 fully saturated rings. The van der Waals surface area contributed by atoms with Crippen molar-refractivity contribution < 1.29 is 24.2 Å². The van der Waals surface area contributed by atoms with Crippen molar-refractivity contribution in [2.45, 2.75) is 32.5 Å². The Morgan fingerprint density at radius 3 is 2.91 bits per heavy atom. The summed E-state index contributed by atoms with van der Waals surface area (Å²) in [6.45, 7) is 4.56. The van der Waals surface area contributed by atoms with Crippen LogP contribution in [-0.4, -0.2) is 53.8 Å². The first kappa shape index (κ1) is 17.6. The van der Waals surface area contributed by atoms with Crippen LogP contribution in [0.4, 0.5) is 0 Å². The minimum Gasteiger partial charge on any atom is -0.481 e. The molecule has 1 heterocycles. The minimum absolute atomic E-state index is 0.116. The highest BCUT2D eigenvalue weighted by atomic mass is 35.5. The van der Waals surface area contributed by atoms with Crippen molar-refractivity contribution in [3.8, 4) is 5.75 Å². The summed E-state index contributed by atoms with van der Waals surface area (Å²) in [4.78, 5) is 24.8. The van der Waals surface area contributed by atoms with Gasteiger partial charge in [0.2, 0.25) is 0 Å². The number of hydrogen-bond donors (Lipinski definition) is 1. The summed E-state index contributed by atoms with van der Waals surface area (Å²) < 4.78 is 11.1. The van der Waals surface area contributed by atoms with Crippen LogP contribution >= 0.6 is 11.6 Å². The first-order chi connectivity index (χ1) is 10.9. The number of morpholine rings is 1. The molecule has 0 aromatic heterocycles. The molecule has 1 N–H and O–H groups in total. The van der Waals surface area contributed by atoms with Gasteiger partial charge in [0.05, 0.1) is 19.1 Å². The Morgan fingerprint density at radius 1 is 1.52 bits per heavy atom. The van der Waals surface area contributed by atoms with E-state index in [2.05, 4.69) is 0 Å². The van der Waals surface area contributed by atoms with Crippen molar-refractivity contribution in [3.63, 3.8) is 0 Å². The van der Waals surface area contributed by atoms with Crippen molar-refractivity contribution >= 4 is 23.5 Å². The van der Waals surface area contributed by atoms with Gasteiger partial charge in [0.25, 0.3) is 5.91 Å². The largest absolute Gasteiger partial charge is 0.481 e. The Bertz CT molecular complexity index is 592. The molecule has 2 atom stereocenters. The lowest BCUT2D eigenvalue weighted by molar-refractivity contribution is -0.151. The highest BCUT2D eigenvalue weighted by Crippen LogP contribution is 2.23. The maximum atomic E-state index is 12.5. The normalized spacial score (nSPS) is 19.3. The standard InChI is InChI=1S/C16H20ClNO5/c1-10-7-12(17)3-4-14(10)23-11(2)16(21)18-5-6-22-13(9-18)8-15(19)20/h3-4,7,11,13H,5-6,8-9H2,1-2H3,(H,19,20). The van der Waals surface area contributed by atoms with Crippen LogP contribution in [0.2, 0.25) is 5.02 Å². The minimum atomic E-state index is -0.939. The predicted octanol–water partition coefficient (Wildman–Crippen LogP) is 2.12. The number of carbonyl (C=O) groups is 2. The molecule has 23 heavy (non-hydrogen) atoms. The monoisotopic (exact) mass is 341 g/mol. The van der Waals surface area contributed by atoms with Gasteiger partial charge >= 0.3 is 5.97 Å². The molecule has 6 nitrogen and oxygen atoms in total. The summed E-state index contributed by atoms with van der Waals surface area (Å²) in [5.74, 6) is -0.519. The van der Waals surface area contributed by atoms with Crippen molar-refractivity contribution in [3.05, 3.63) is 28.8 Å². The molecule has 0 radical (unpaired) electrons. The number of aryl methyl sites for hydroxylation is 1. The highest BCUT2D eigenvalue weighted by Gasteiger charge is 2.29. The molecule has 0 bridgehead atoms. The van der Waals surface area contributed by atoms with E-state index in [1.807, 2.05) is 6.92 Å². The summed E-state index contributed by atoms with van der Waals surface area (Å²) in [5.41, 5.74) is 0.850. The molecule has 2 unspecified atom stereocenters. The molecule has 1 aromatic carbocycles. The van der Waals surface area contributed by atoms with Crippen LogP contribution < -0.4 is 4.74 Å². The lowest BCUT2D eigenvalue weighted by Crippen LogP contribution is -2.50. The molecule has 0 aliphatic carbocycles. The second-order valence-electron chi connectivity index (χ2n) is 5.54. The summed E-state index contributed by atoms with van der Waals surface area (Å²) in [6, 6.07) is 5.21. The average Bonchev–Trinajstić information content (AvgIpc) is 2.49. The molecule has 1 aliphatic heterocycles. The van der Waals surface area contributed by atoms with Crippen molar-refractivity contribution in [1.29, 1.82) is 0 Å². The molecule has 1 amide bonds. The van der Waals surface area contributed by atoms with Gasteiger partial charge in [-0.15, -0.1) is 0 Å². The zero-order chi connectivity index (χ0) is 17.0. The van der Waals surface area contributed by atoms with E-state index in [1.165, 1.54) is 0 Å². The van der Waals surface area contributed by atoms with E-state index in [0.29, 0.717) is 23.9 Å². The van der Waals surface area contributed by atoms with Crippen LogP contribution in [0.25, 0.3) is 0 Å². The molecule has 0 saturated carbocycles. The van der Waals surface area contributed by atoms with Crippen molar-refractivity contribution in [2.75, 3.05) is 19.7 Å². The second kappa shape index (κ2) is 7.66. The molecule has 1 saturated heterocycles. The van der Waals surface area contributed by atoms with Crippen molar-refractivity contribution in [2.24, 2.45) is 0 Å². The SMILES string of the molecule is Cc1cc(Cl)ccc1OC(C)C(=O)N1CCOC(CC(=O)O)C1. The molecule has 126 valence electrons. The van der Waals surface area contributed by atoms with Crippen LogP contribution in [-0.2, 0) is 14.3 Å². The number of halogens is 1. The molecular weight excluding hydrogens is 322 g/mol. The number of carboxylic acid groups (broad SMARTS) is 1. The third-order valence-corrected chi connectivity index (χ3v) is 3.88. The molecule has 0 spiro atoms. The third-order valence-electron chi connectivity index (χ3n) is 3.64. The maximum Gasteiger partial charge on any atom is 0.306 e. The summed E-state index contributed by atoms with van der Waals surface area (Å²) in [7, 11) is 0. The van der Waals surface area contributed by atoms with Gasteiger partial charge in [0.1, 0.15) is 5.75 Å². The number of rotatable bonds is 5. The molecular formula is C16H20ClNO5. The lowest BCUT2D eigenvalue weighted by atomic mass is 10.2. The van der Waals surface area contributed by atoms with Gasteiger partial charge in [-0.2, -0.15) is 0 Å².